The van der Waals surface area contributed by atoms with Gasteiger partial charge in [0.15, 0.2) is 0 Å². The second-order valence-electron chi connectivity index (χ2n) is 4.99. The maximum atomic E-state index is 12.2. The van der Waals surface area contributed by atoms with Crippen LogP contribution >= 0.6 is 0 Å². The summed E-state index contributed by atoms with van der Waals surface area (Å²) in [5, 5.41) is 8.12. The summed E-state index contributed by atoms with van der Waals surface area (Å²) in [4.78, 5) is 34.8. The van der Waals surface area contributed by atoms with Crippen molar-refractivity contribution in [3.05, 3.63) is 75.7 Å². The van der Waals surface area contributed by atoms with E-state index >= 15 is 0 Å². The van der Waals surface area contributed by atoms with Gasteiger partial charge in [-0.3, -0.25) is 9.59 Å². The Balaban J connectivity index is 2.24. The number of nitrogens with zero attached hydrogens (tertiary/aromatic N) is 5. The van der Waals surface area contributed by atoms with E-state index in [9.17, 15) is 9.59 Å². The first-order valence-electron chi connectivity index (χ1n) is 7.24. The lowest BCUT2D eigenvalue weighted by Gasteiger charge is -2.08. The summed E-state index contributed by atoms with van der Waals surface area (Å²) in [6.45, 7) is 3.60. The molecule has 2 N–H and O–H groups in total. The van der Waals surface area contributed by atoms with Crippen LogP contribution in [0, 0.1) is 13.8 Å². The lowest BCUT2D eigenvalue weighted by molar-refractivity contribution is -0.114. The topological polar surface area (TPSA) is 133 Å². The minimum Gasteiger partial charge on any atom is -0.329 e. The van der Waals surface area contributed by atoms with Crippen LogP contribution in [0.1, 0.15) is 21.7 Å². The predicted octanol–water partition coefficient (Wildman–Crippen LogP) is 2.61. The number of carbonyl (C=O) groups excluding carboxylic acids is 2. The van der Waals surface area contributed by atoms with Crippen molar-refractivity contribution >= 4 is 17.8 Å². The summed E-state index contributed by atoms with van der Waals surface area (Å²) >= 11 is 0. The van der Waals surface area contributed by atoms with Crippen molar-refractivity contribution < 1.29 is 9.59 Å². The first-order valence-corrected chi connectivity index (χ1v) is 7.24. The van der Waals surface area contributed by atoms with Gasteiger partial charge < -0.3 is 10.6 Å². The van der Waals surface area contributed by atoms with E-state index in [4.69, 9.17) is 5.53 Å². The molecule has 9 nitrogen and oxygen atoms in total. The fourth-order valence-corrected chi connectivity index (χ4v) is 1.96. The third kappa shape index (κ3) is 5.15. The summed E-state index contributed by atoms with van der Waals surface area (Å²) < 4.78 is 0. The van der Waals surface area contributed by atoms with Gasteiger partial charge in [0.25, 0.3) is 11.8 Å². The molecule has 0 fully saturated rings. The lowest BCUT2D eigenvalue weighted by atomic mass is 10.2. The van der Waals surface area contributed by atoms with E-state index in [2.05, 4.69) is 30.6 Å². The largest absolute Gasteiger partial charge is 0.329 e. The number of hydrogen-bond donors (Lipinski definition) is 2. The highest BCUT2D eigenvalue weighted by Gasteiger charge is 2.13. The van der Waals surface area contributed by atoms with Gasteiger partial charge in [-0.2, -0.15) is 0 Å². The van der Waals surface area contributed by atoms with E-state index < -0.39 is 11.8 Å². The molecule has 126 valence electrons. The maximum absolute atomic E-state index is 12.2. The Labute approximate surface area is 143 Å². The molecule has 0 aliphatic heterocycles. The van der Waals surface area contributed by atoms with Crippen LogP contribution < -0.4 is 10.6 Å². The Morgan fingerprint density at radius 2 is 1.80 bits per heavy atom. The maximum Gasteiger partial charge on any atom is 0.266 e. The third-order valence-electron chi connectivity index (χ3n) is 2.98. The van der Waals surface area contributed by atoms with E-state index in [1.165, 1.54) is 6.20 Å². The van der Waals surface area contributed by atoms with Crippen molar-refractivity contribution in [3.8, 4) is 0 Å². The molecule has 2 aromatic rings. The van der Waals surface area contributed by atoms with Crippen molar-refractivity contribution in [1.29, 1.82) is 0 Å². The number of nitrogens with one attached hydrogen (secondary N) is 2. The van der Waals surface area contributed by atoms with Crippen LogP contribution in [0.3, 0.4) is 0 Å². The summed E-state index contributed by atoms with van der Waals surface area (Å²) in [5.41, 5.74) is 10.0. The average Bonchev–Trinajstić information content (AvgIpc) is 2.58. The molecule has 0 saturated carbocycles. The highest BCUT2D eigenvalue weighted by molar-refractivity contribution is 6.03. The zero-order valence-corrected chi connectivity index (χ0v) is 13.6. The molecule has 2 rings (SSSR count). The van der Waals surface area contributed by atoms with E-state index in [0.717, 1.165) is 11.4 Å². The van der Waals surface area contributed by atoms with E-state index in [-0.39, 0.29) is 11.6 Å². The van der Waals surface area contributed by atoms with Gasteiger partial charge in [0, 0.05) is 28.1 Å². The fraction of sp³-hybridized carbons (Fsp3) is 0.125. The molecule has 0 bridgehead atoms. The molecule has 9 heteroatoms. The second-order valence-corrected chi connectivity index (χ2v) is 4.99. The van der Waals surface area contributed by atoms with E-state index in [1.807, 2.05) is 0 Å². The van der Waals surface area contributed by atoms with Crippen LogP contribution in [0.2, 0.25) is 0 Å². The van der Waals surface area contributed by atoms with Gasteiger partial charge in [-0.15, -0.1) is 0 Å². The van der Waals surface area contributed by atoms with Gasteiger partial charge in [-0.05, 0) is 42.7 Å². The highest BCUT2D eigenvalue weighted by atomic mass is 16.2. The number of carbonyl (C=O) groups is 2. The number of rotatable bonds is 5. The number of anilines is 1. The zero-order valence-electron chi connectivity index (χ0n) is 13.6. The molecule has 1 aromatic carbocycles. The van der Waals surface area contributed by atoms with Gasteiger partial charge >= 0.3 is 0 Å². The zero-order chi connectivity index (χ0) is 18.2. The standard InChI is InChI=1S/C16H15N7O2/c1-10-8-11(2)20-16(19-10)18-9-13(15(25)22-23-17)21-14(24)12-6-4-3-5-7-12/h3-9H,1-2H3,(H,21,24)(H,18,19,20)/b13-9-. The summed E-state index contributed by atoms with van der Waals surface area (Å²) in [6.07, 6.45) is 1.19. The van der Waals surface area contributed by atoms with Gasteiger partial charge in [0.05, 0.1) is 0 Å². The first-order chi connectivity index (χ1) is 12.0. The lowest BCUT2D eigenvalue weighted by Crippen LogP contribution is -2.27. The Morgan fingerprint density at radius 3 is 2.40 bits per heavy atom. The number of azide groups is 1. The van der Waals surface area contributed by atoms with Crippen LogP contribution in [-0.2, 0) is 4.79 Å². The molecule has 0 spiro atoms. The van der Waals surface area contributed by atoms with E-state index in [0.29, 0.717) is 5.56 Å². The normalized spacial score (nSPS) is 10.6. The Hall–Kier alpha value is -3.71. The number of amides is 2. The number of aryl methyl sites for hydroxylation is 2. The van der Waals surface area contributed by atoms with Gasteiger partial charge in [0.2, 0.25) is 5.95 Å². The molecule has 0 aliphatic rings. The minimum atomic E-state index is -0.941. The fourth-order valence-electron chi connectivity index (χ4n) is 1.96. The smallest absolute Gasteiger partial charge is 0.266 e. The SMILES string of the molecule is Cc1cc(C)nc(N/C=C(\NC(=O)c2ccccc2)C(=O)N=[N+]=[N-])n1. The van der Waals surface area contributed by atoms with Crippen molar-refractivity contribution in [2.24, 2.45) is 5.11 Å². The van der Waals surface area contributed by atoms with Gasteiger partial charge in [-0.25, -0.2) is 9.97 Å². The Bertz CT molecular complexity index is 851. The predicted molar refractivity (Wildman–Crippen MR) is 91.3 cm³/mol. The second kappa shape index (κ2) is 8.23. The molecule has 0 aliphatic carbocycles. The van der Waals surface area contributed by atoms with Crippen LogP contribution in [0.25, 0.3) is 10.4 Å². The monoisotopic (exact) mass is 337 g/mol. The molecular formula is C16H15N7O2. The third-order valence-corrected chi connectivity index (χ3v) is 2.98. The average molecular weight is 337 g/mol. The summed E-state index contributed by atoms with van der Waals surface area (Å²) in [5.74, 6) is -1.21. The molecule has 0 radical (unpaired) electrons. The molecule has 2 amide bonds. The highest BCUT2D eigenvalue weighted by Crippen LogP contribution is 2.06. The van der Waals surface area contributed by atoms with E-state index in [1.54, 1.807) is 50.2 Å². The van der Waals surface area contributed by atoms with Crippen molar-refractivity contribution in [1.82, 2.24) is 15.3 Å². The van der Waals surface area contributed by atoms with Crippen molar-refractivity contribution in [2.75, 3.05) is 5.32 Å². The Kier molecular flexibility index (Phi) is 5.81. The molecular weight excluding hydrogens is 322 g/mol. The number of aromatic nitrogens is 2. The van der Waals surface area contributed by atoms with Crippen LogP contribution in [0.15, 0.2) is 53.4 Å². The molecule has 0 saturated heterocycles. The van der Waals surface area contributed by atoms with Crippen molar-refractivity contribution in [2.45, 2.75) is 13.8 Å². The van der Waals surface area contributed by atoms with Crippen molar-refractivity contribution in [3.63, 3.8) is 0 Å². The summed E-state index contributed by atoms with van der Waals surface area (Å²) in [7, 11) is 0. The minimum absolute atomic E-state index is 0.227. The van der Waals surface area contributed by atoms with Gasteiger partial charge in [-0.1, -0.05) is 18.2 Å². The molecule has 0 unspecified atom stereocenters. The molecule has 1 heterocycles. The van der Waals surface area contributed by atoms with Crippen LogP contribution in [0.5, 0.6) is 0 Å². The molecule has 0 atom stereocenters. The first kappa shape index (κ1) is 17.6. The summed E-state index contributed by atoms with van der Waals surface area (Å²) in [6, 6.07) is 10.1. The number of benzene rings is 1. The molecule has 25 heavy (non-hydrogen) atoms. The quantitative estimate of drug-likeness (QED) is 0.374. The Morgan fingerprint density at radius 1 is 1.16 bits per heavy atom. The molecule has 1 aromatic heterocycles. The number of hydrogen-bond acceptors (Lipinski definition) is 5. The van der Waals surface area contributed by atoms with Gasteiger partial charge in [0.1, 0.15) is 5.70 Å². The van der Waals surface area contributed by atoms with Crippen LogP contribution in [0.4, 0.5) is 5.95 Å². The van der Waals surface area contributed by atoms with Crippen LogP contribution in [-0.4, -0.2) is 21.8 Å².